The van der Waals surface area contributed by atoms with E-state index in [-0.39, 0.29) is 12.6 Å². The van der Waals surface area contributed by atoms with E-state index in [4.69, 9.17) is 4.42 Å². The van der Waals surface area contributed by atoms with Crippen LogP contribution in [0.4, 0.5) is 5.69 Å². The molecule has 6 heteroatoms. The van der Waals surface area contributed by atoms with Crippen LogP contribution in [0, 0.1) is 13.8 Å². The molecule has 28 heavy (non-hydrogen) atoms. The van der Waals surface area contributed by atoms with Gasteiger partial charge in [-0.2, -0.15) is 0 Å². The molecule has 2 N–H and O–H groups in total. The SMILES string of the molecule is Cc1cc(C)cc(NC(=O)C(=O)NC[C@H](c2cc3ccccc3o2)N(C)C)c1. The van der Waals surface area contributed by atoms with Gasteiger partial charge in [-0.05, 0) is 63.3 Å². The van der Waals surface area contributed by atoms with E-state index >= 15 is 0 Å². The first kappa shape index (κ1) is 19.6. The lowest BCUT2D eigenvalue weighted by Gasteiger charge is -2.22. The normalized spacial score (nSPS) is 12.2. The van der Waals surface area contributed by atoms with Gasteiger partial charge in [-0.1, -0.05) is 24.3 Å². The minimum absolute atomic E-state index is 0.189. The number of anilines is 1. The van der Waals surface area contributed by atoms with Crippen LogP contribution >= 0.6 is 0 Å². The highest BCUT2D eigenvalue weighted by atomic mass is 16.3. The Hall–Kier alpha value is -3.12. The molecule has 146 valence electrons. The van der Waals surface area contributed by atoms with Crippen LogP contribution in [0.2, 0.25) is 0 Å². The van der Waals surface area contributed by atoms with E-state index in [1.165, 1.54) is 0 Å². The Morgan fingerprint density at radius 3 is 2.32 bits per heavy atom. The second-order valence-electron chi connectivity index (χ2n) is 7.21. The number of likely N-dealkylation sites (N-methyl/N-ethyl adjacent to an activating group) is 1. The van der Waals surface area contributed by atoms with Crippen molar-refractivity contribution in [2.24, 2.45) is 0 Å². The zero-order valence-electron chi connectivity index (χ0n) is 16.6. The second-order valence-corrected chi connectivity index (χ2v) is 7.21. The first-order chi connectivity index (χ1) is 13.3. The molecular formula is C22H25N3O3. The molecule has 0 fully saturated rings. The summed E-state index contributed by atoms with van der Waals surface area (Å²) in [6, 6.07) is 15.2. The molecule has 0 unspecified atom stereocenters. The van der Waals surface area contributed by atoms with E-state index in [1.54, 1.807) is 0 Å². The smallest absolute Gasteiger partial charge is 0.313 e. The molecule has 3 rings (SSSR count). The largest absolute Gasteiger partial charge is 0.459 e. The summed E-state index contributed by atoms with van der Waals surface area (Å²) in [6.07, 6.45) is 0. The molecule has 6 nitrogen and oxygen atoms in total. The van der Waals surface area contributed by atoms with Crippen LogP contribution in [0.3, 0.4) is 0 Å². The van der Waals surface area contributed by atoms with Crippen molar-refractivity contribution in [2.75, 3.05) is 26.0 Å². The summed E-state index contributed by atoms with van der Waals surface area (Å²) in [5.41, 5.74) is 3.45. The van der Waals surface area contributed by atoms with E-state index in [0.29, 0.717) is 5.69 Å². The molecule has 0 aliphatic carbocycles. The summed E-state index contributed by atoms with van der Waals surface area (Å²) in [7, 11) is 3.80. The lowest BCUT2D eigenvalue weighted by atomic mass is 10.1. The Balaban J connectivity index is 1.65. The monoisotopic (exact) mass is 379 g/mol. The van der Waals surface area contributed by atoms with Crippen LogP contribution in [0.5, 0.6) is 0 Å². The molecule has 0 spiro atoms. The zero-order chi connectivity index (χ0) is 20.3. The second kappa shape index (κ2) is 8.27. The molecule has 3 aromatic rings. The summed E-state index contributed by atoms with van der Waals surface area (Å²) < 4.78 is 5.91. The maximum Gasteiger partial charge on any atom is 0.313 e. The number of benzene rings is 2. The van der Waals surface area contributed by atoms with E-state index in [2.05, 4.69) is 10.6 Å². The number of carbonyl (C=O) groups excluding carboxylic acids is 2. The van der Waals surface area contributed by atoms with Crippen molar-refractivity contribution >= 4 is 28.5 Å². The van der Waals surface area contributed by atoms with Gasteiger partial charge in [0.1, 0.15) is 11.3 Å². The predicted octanol–water partition coefficient (Wildman–Crippen LogP) is 3.41. The molecule has 0 saturated heterocycles. The molecule has 0 bridgehead atoms. The van der Waals surface area contributed by atoms with E-state index < -0.39 is 11.8 Å². The maximum atomic E-state index is 12.3. The number of hydrogen-bond donors (Lipinski definition) is 2. The van der Waals surface area contributed by atoms with Crippen molar-refractivity contribution in [1.82, 2.24) is 10.2 Å². The van der Waals surface area contributed by atoms with Crippen LogP contribution in [0.25, 0.3) is 11.0 Å². The molecule has 2 amide bonds. The van der Waals surface area contributed by atoms with Crippen molar-refractivity contribution in [3.8, 4) is 0 Å². The molecule has 2 aromatic carbocycles. The summed E-state index contributed by atoms with van der Waals surface area (Å²) in [5, 5.41) is 6.36. The number of nitrogens with zero attached hydrogens (tertiary/aromatic N) is 1. The highest BCUT2D eigenvalue weighted by Gasteiger charge is 2.22. The zero-order valence-corrected chi connectivity index (χ0v) is 16.6. The topological polar surface area (TPSA) is 74.6 Å². The fourth-order valence-electron chi connectivity index (χ4n) is 3.21. The molecule has 0 aliphatic rings. The average molecular weight is 379 g/mol. The Morgan fingerprint density at radius 2 is 1.68 bits per heavy atom. The van der Waals surface area contributed by atoms with E-state index in [9.17, 15) is 9.59 Å². The molecule has 1 heterocycles. The third-order valence-electron chi connectivity index (χ3n) is 4.54. The van der Waals surface area contributed by atoms with Gasteiger partial charge >= 0.3 is 11.8 Å². The van der Waals surface area contributed by atoms with Crippen molar-refractivity contribution in [3.05, 3.63) is 65.4 Å². The Bertz CT molecular complexity index is 954. The standard InChI is InChI=1S/C22H25N3O3/c1-14-9-15(2)11-17(10-14)24-22(27)21(26)23-13-18(25(3)4)20-12-16-7-5-6-8-19(16)28-20/h5-12,18H,13H2,1-4H3,(H,23,26)(H,24,27)/t18-/m1/s1. The summed E-state index contributed by atoms with van der Waals surface area (Å²) >= 11 is 0. The molecule has 0 saturated carbocycles. The number of carbonyl (C=O) groups is 2. The predicted molar refractivity (Wildman–Crippen MR) is 110 cm³/mol. The average Bonchev–Trinajstić information content (AvgIpc) is 3.04. The number of nitrogens with one attached hydrogen (secondary N) is 2. The van der Waals surface area contributed by atoms with Gasteiger partial charge in [-0.3, -0.25) is 14.5 Å². The van der Waals surface area contributed by atoms with E-state index in [0.717, 1.165) is 27.9 Å². The summed E-state index contributed by atoms with van der Waals surface area (Å²) in [6.45, 7) is 4.14. The lowest BCUT2D eigenvalue weighted by Crippen LogP contribution is -2.40. The van der Waals surface area contributed by atoms with Gasteiger partial charge in [0.15, 0.2) is 0 Å². The first-order valence-electron chi connectivity index (χ1n) is 9.16. The highest BCUT2D eigenvalue weighted by molar-refractivity contribution is 6.39. The van der Waals surface area contributed by atoms with Crippen molar-refractivity contribution in [1.29, 1.82) is 0 Å². The van der Waals surface area contributed by atoms with Crippen LogP contribution in [-0.4, -0.2) is 37.4 Å². The minimum atomic E-state index is -0.688. The van der Waals surface area contributed by atoms with E-state index in [1.807, 2.05) is 81.4 Å². The van der Waals surface area contributed by atoms with Crippen LogP contribution in [0.1, 0.15) is 22.9 Å². The van der Waals surface area contributed by atoms with Crippen LogP contribution < -0.4 is 10.6 Å². The van der Waals surface area contributed by atoms with Crippen LogP contribution in [0.15, 0.2) is 52.9 Å². The molecule has 0 aliphatic heterocycles. The van der Waals surface area contributed by atoms with Gasteiger partial charge in [0.05, 0.1) is 6.04 Å². The molecule has 0 radical (unpaired) electrons. The number of rotatable bonds is 5. The summed E-state index contributed by atoms with van der Waals surface area (Å²) in [5.74, 6) is -0.629. The van der Waals surface area contributed by atoms with Crippen molar-refractivity contribution < 1.29 is 14.0 Å². The van der Waals surface area contributed by atoms with Crippen molar-refractivity contribution in [3.63, 3.8) is 0 Å². The van der Waals surface area contributed by atoms with Gasteiger partial charge in [-0.15, -0.1) is 0 Å². The minimum Gasteiger partial charge on any atom is -0.459 e. The lowest BCUT2D eigenvalue weighted by molar-refractivity contribution is -0.136. The number of hydrogen-bond acceptors (Lipinski definition) is 4. The molecule has 1 aromatic heterocycles. The third-order valence-corrected chi connectivity index (χ3v) is 4.54. The number of para-hydroxylation sites is 1. The number of furan rings is 1. The third kappa shape index (κ3) is 4.58. The number of aryl methyl sites for hydroxylation is 2. The molecule has 1 atom stereocenters. The molecular weight excluding hydrogens is 354 g/mol. The Kier molecular flexibility index (Phi) is 5.80. The van der Waals surface area contributed by atoms with Gasteiger partial charge in [-0.25, -0.2) is 0 Å². The van der Waals surface area contributed by atoms with Gasteiger partial charge in [0.2, 0.25) is 0 Å². The number of fused-ring (bicyclic) bond motifs is 1. The first-order valence-corrected chi connectivity index (χ1v) is 9.16. The summed E-state index contributed by atoms with van der Waals surface area (Å²) in [4.78, 5) is 26.5. The maximum absolute atomic E-state index is 12.3. The van der Waals surface area contributed by atoms with Gasteiger partial charge in [0.25, 0.3) is 0 Å². The highest BCUT2D eigenvalue weighted by Crippen LogP contribution is 2.26. The quantitative estimate of drug-likeness (QED) is 0.666. The fraction of sp³-hybridized carbons (Fsp3) is 0.273. The Labute approximate surface area is 164 Å². The van der Waals surface area contributed by atoms with Crippen LogP contribution in [-0.2, 0) is 9.59 Å². The van der Waals surface area contributed by atoms with Crippen molar-refractivity contribution in [2.45, 2.75) is 19.9 Å². The fourth-order valence-corrected chi connectivity index (χ4v) is 3.21. The van der Waals surface area contributed by atoms with Gasteiger partial charge < -0.3 is 15.1 Å². The Morgan fingerprint density at radius 1 is 1.00 bits per heavy atom. The number of amides is 2. The van der Waals surface area contributed by atoms with Gasteiger partial charge in [0, 0.05) is 17.6 Å².